The largest absolute Gasteiger partial charge is 0.388 e. The van der Waals surface area contributed by atoms with Gasteiger partial charge in [0.1, 0.15) is 0 Å². The summed E-state index contributed by atoms with van der Waals surface area (Å²) >= 11 is 1.73. The molecule has 1 aliphatic carbocycles. The van der Waals surface area contributed by atoms with Crippen molar-refractivity contribution >= 4 is 11.8 Å². The highest BCUT2D eigenvalue weighted by Crippen LogP contribution is 2.39. The van der Waals surface area contributed by atoms with E-state index in [1.165, 1.54) is 37.0 Å². The maximum Gasteiger partial charge on any atom is 0.0828 e. The lowest BCUT2D eigenvalue weighted by molar-refractivity contribution is 0.0709. The average molecular weight is 264 g/mol. The van der Waals surface area contributed by atoms with Gasteiger partial charge in [0, 0.05) is 4.90 Å². The van der Waals surface area contributed by atoms with Crippen molar-refractivity contribution in [2.75, 3.05) is 6.26 Å². The zero-order valence-corrected chi connectivity index (χ0v) is 12.2. The Balaban J connectivity index is 2.05. The van der Waals surface area contributed by atoms with Crippen LogP contribution in [0.1, 0.15) is 50.7 Å². The van der Waals surface area contributed by atoms with Crippen molar-refractivity contribution in [2.45, 2.75) is 50.0 Å². The van der Waals surface area contributed by atoms with E-state index in [1.54, 1.807) is 11.8 Å². The fraction of sp³-hybridized carbons (Fsp3) is 0.625. The number of rotatable bonds is 4. The summed E-state index contributed by atoms with van der Waals surface area (Å²) in [7, 11) is 0. The van der Waals surface area contributed by atoms with Gasteiger partial charge in [-0.1, -0.05) is 44.4 Å². The fourth-order valence-electron chi connectivity index (χ4n) is 3.08. The number of aliphatic hydroxyl groups excluding tert-OH is 1. The van der Waals surface area contributed by atoms with Crippen molar-refractivity contribution in [3.63, 3.8) is 0 Å². The molecule has 0 saturated heterocycles. The second-order valence-electron chi connectivity index (χ2n) is 5.38. The fourth-order valence-corrected chi connectivity index (χ4v) is 3.72. The Hall–Kier alpha value is -0.470. The number of aliphatic hydroxyl groups is 1. The summed E-state index contributed by atoms with van der Waals surface area (Å²) in [6.45, 7) is 2.28. The van der Waals surface area contributed by atoms with Crippen molar-refractivity contribution in [3.05, 3.63) is 29.8 Å². The van der Waals surface area contributed by atoms with Crippen LogP contribution >= 0.6 is 11.8 Å². The molecule has 0 aromatic heterocycles. The molecule has 100 valence electrons. The molecule has 2 heteroatoms. The Kier molecular flexibility index (Phi) is 5.13. The molecule has 18 heavy (non-hydrogen) atoms. The molecule has 0 radical (unpaired) electrons. The lowest BCUT2D eigenvalue weighted by atomic mass is 9.77. The second-order valence-corrected chi connectivity index (χ2v) is 6.22. The zero-order chi connectivity index (χ0) is 13.0. The van der Waals surface area contributed by atoms with Crippen molar-refractivity contribution in [2.24, 2.45) is 11.8 Å². The summed E-state index contributed by atoms with van der Waals surface area (Å²) < 4.78 is 0. The maximum atomic E-state index is 10.6. The van der Waals surface area contributed by atoms with Crippen LogP contribution in [0.3, 0.4) is 0 Å². The Morgan fingerprint density at radius 3 is 2.50 bits per heavy atom. The standard InChI is InChI=1S/C16H24OS/c1-3-12-8-10-13(11-9-12)16(17)14-6-4-5-7-15(14)18-2/h4-7,12-13,16-17H,3,8-11H2,1-2H3. The highest BCUT2D eigenvalue weighted by atomic mass is 32.2. The van der Waals surface area contributed by atoms with Gasteiger partial charge < -0.3 is 5.11 Å². The van der Waals surface area contributed by atoms with Crippen LogP contribution < -0.4 is 0 Å². The first kappa shape index (κ1) is 14.0. The number of hydrogen-bond acceptors (Lipinski definition) is 2. The van der Waals surface area contributed by atoms with Crippen LogP contribution in [0.15, 0.2) is 29.2 Å². The third-order valence-electron chi connectivity index (χ3n) is 4.37. The summed E-state index contributed by atoms with van der Waals surface area (Å²) in [6.07, 6.45) is 8.06. The van der Waals surface area contributed by atoms with Crippen molar-refractivity contribution in [1.82, 2.24) is 0 Å². The van der Waals surface area contributed by atoms with Gasteiger partial charge in [-0.15, -0.1) is 11.8 Å². The summed E-state index contributed by atoms with van der Waals surface area (Å²) in [6, 6.07) is 8.29. The van der Waals surface area contributed by atoms with Crippen LogP contribution in [0.5, 0.6) is 0 Å². The first-order valence-corrected chi connectivity index (χ1v) is 8.29. The first-order chi connectivity index (χ1) is 8.76. The van der Waals surface area contributed by atoms with E-state index in [-0.39, 0.29) is 6.10 Å². The van der Waals surface area contributed by atoms with Crippen molar-refractivity contribution < 1.29 is 5.11 Å². The van der Waals surface area contributed by atoms with Gasteiger partial charge in [-0.3, -0.25) is 0 Å². The second kappa shape index (κ2) is 6.63. The van der Waals surface area contributed by atoms with E-state index in [0.29, 0.717) is 5.92 Å². The van der Waals surface area contributed by atoms with Gasteiger partial charge in [-0.25, -0.2) is 0 Å². The number of hydrogen-bond donors (Lipinski definition) is 1. The maximum absolute atomic E-state index is 10.6. The lowest BCUT2D eigenvalue weighted by Gasteiger charge is -2.31. The van der Waals surface area contributed by atoms with Crippen LogP contribution in [-0.2, 0) is 0 Å². The molecule has 0 aliphatic heterocycles. The Labute approximate surface area is 115 Å². The van der Waals surface area contributed by atoms with E-state index < -0.39 is 0 Å². The molecule has 0 bridgehead atoms. The Morgan fingerprint density at radius 1 is 1.22 bits per heavy atom. The Morgan fingerprint density at radius 2 is 1.89 bits per heavy atom. The molecule has 1 N–H and O–H groups in total. The topological polar surface area (TPSA) is 20.2 Å². The van der Waals surface area contributed by atoms with E-state index in [9.17, 15) is 5.11 Å². The quantitative estimate of drug-likeness (QED) is 0.798. The summed E-state index contributed by atoms with van der Waals surface area (Å²) in [5.41, 5.74) is 1.13. The van der Waals surface area contributed by atoms with Gasteiger partial charge in [-0.05, 0) is 42.6 Å². The van der Waals surface area contributed by atoms with Crippen molar-refractivity contribution in [3.8, 4) is 0 Å². The normalized spacial score (nSPS) is 25.9. The molecule has 0 amide bonds. The highest BCUT2D eigenvalue weighted by Gasteiger charge is 2.27. The monoisotopic (exact) mass is 264 g/mol. The van der Waals surface area contributed by atoms with Gasteiger partial charge in [0.25, 0.3) is 0 Å². The molecule has 2 rings (SSSR count). The van der Waals surface area contributed by atoms with Gasteiger partial charge in [0.15, 0.2) is 0 Å². The van der Waals surface area contributed by atoms with Crippen LogP contribution in [-0.4, -0.2) is 11.4 Å². The van der Waals surface area contributed by atoms with Crippen LogP contribution in [0, 0.1) is 11.8 Å². The van der Waals surface area contributed by atoms with E-state index in [4.69, 9.17) is 0 Å². The molecule has 1 unspecified atom stereocenters. The molecule has 1 nitrogen and oxygen atoms in total. The molecule has 1 aromatic carbocycles. The van der Waals surface area contributed by atoms with Gasteiger partial charge in [-0.2, -0.15) is 0 Å². The van der Waals surface area contributed by atoms with Crippen LogP contribution in [0.25, 0.3) is 0 Å². The van der Waals surface area contributed by atoms with E-state index >= 15 is 0 Å². The van der Waals surface area contributed by atoms with Gasteiger partial charge in [0.2, 0.25) is 0 Å². The first-order valence-electron chi connectivity index (χ1n) is 7.07. The number of thioether (sulfide) groups is 1. The van der Waals surface area contributed by atoms with E-state index in [0.717, 1.165) is 11.5 Å². The molecule has 0 spiro atoms. The molecule has 1 atom stereocenters. The van der Waals surface area contributed by atoms with Gasteiger partial charge in [0.05, 0.1) is 6.10 Å². The van der Waals surface area contributed by atoms with Crippen LogP contribution in [0.2, 0.25) is 0 Å². The van der Waals surface area contributed by atoms with E-state index in [1.807, 2.05) is 6.07 Å². The average Bonchev–Trinajstić information content (AvgIpc) is 2.46. The summed E-state index contributed by atoms with van der Waals surface area (Å²) in [5.74, 6) is 1.35. The minimum Gasteiger partial charge on any atom is -0.388 e. The van der Waals surface area contributed by atoms with E-state index in [2.05, 4.69) is 31.4 Å². The summed E-state index contributed by atoms with van der Waals surface area (Å²) in [5, 5.41) is 10.6. The summed E-state index contributed by atoms with van der Waals surface area (Å²) in [4.78, 5) is 1.22. The molecular weight excluding hydrogens is 240 g/mol. The predicted octanol–water partition coefficient (Wildman–Crippen LogP) is 4.66. The predicted molar refractivity (Wildman–Crippen MR) is 78.9 cm³/mol. The SMILES string of the molecule is CCC1CCC(C(O)c2ccccc2SC)CC1. The van der Waals surface area contributed by atoms with Crippen molar-refractivity contribution in [1.29, 1.82) is 0 Å². The van der Waals surface area contributed by atoms with Crippen LogP contribution in [0.4, 0.5) is 0 Å². The highest BCUT2D eigenvalue weighted by molar-refractivity contribution is 7.98. The Bertz CT molecular complexity index is 369. The minimum absolute atomic E-state index is 0.272. The zero-order valence-electron chi connectivity index (χ0n) is 11.4. The molecule has 0 heterocycles. The third kappa shape index (κ3) is 3.10. The minimum atomic E-state index is -0.272. The number of benzene rings is 1. The lowest BCUT2D eigenvalue weighted by Crippen LogP contribution is -2.20. The molecule has 1 aromatic rings. The third-order valence-corrected chi connectivity index (χ3v) is 5.18. The molecular formula is C16H24OS. The molecule has 1 saturated carbocycles. The van der Waals surface area contributed by atoms with Gasteiger partial charge >= 0.3 is 0 Å². The molecule has 1 fully saturated rings. The molecule has 1 aliphatic rings. The smallest absolute Gasteiger partial charge is 0.0828 e.